The number of aromatic nitrogens is 2. The van der Waals surface area contributed by atoms with Gasteiger partial charge in [0, 0.05) is 18.0 Å². The molecule has 2 aliphatic heterocycles. The summed E-state index contributed by atoms with van der Waals surface area (Å²) in [6.45, 7) is 10.4. The van der Waals surface area contributed by atoms with Crippen LogP contribution in [0, 0.1) is 23.2 Å². The van der Waals surface area contributed by atoms with E-state index >= 15 is 0 Å². The Morgan fingerprint density at radius 1 is 1.09 bits per heavy atom. The van der Waals surface area contributed by atoms with Crippen LogP contribution in [0.2, 0.25) is 5.02 Å². The topological polar surface area (TPSA) is 129 Å². The number of esters is 1. The molecular formula is C33H45ClN4O7. The number of amides is 2. The lowest BCUT2D eigenvalue weighted by atomic mass is 9.85. The molecule has 1 saturated heterocycles. The molecule has 1 N–H and O–H groups in total. The zero-order valence-corrected chi connectivity index (χ0v) is 27.8. The predicted molar refractivity (Wildman–Crippen MR) is 169 cm³/mol. The number of nitrogens with one attached hydrogen (secondary N) is 1. The normalized spacial score (nSPS) is 29.9. The lowest BCUT2D eigenvalue weighted by molar-refractivity contribution is -0.152. The van der Waals surface area contributed by atoms with Crippen molar-refractivity contribution in [2.75, 3.05) is 13.7 Å². The van der Waals surface area contributed by atoms with Gasteiger partial charge in [-0.3, -0.25) is 14.2 Å². The minimum absolute atomic E-state index is 0.0328. The van der Waals surface area contributed by atoms with E-state index in [0.717, 1.165) is 25.7 Å². The maximum Gasteiger partial charge on any atom is 0.408 e. The number of rotatable bonds is 1. The molecule has 2 fully saturated rings. The van der Waals surface area contributed by atoms with E-state index in [9.17, 15) is 19.2 Å². The molecule has 5 rings (SSSR count). The molecule has 1 saturated carbocycles. The van der Waals surface area contributed by atoms with E-state index in [-0.39, 0.29) is 36.6 Å². The number of halogens is 1. The van der Waals surface area contributed by atoms with Gasteiger partial charge in [0.25, 0.3) is 11.6 Å². The highest BCUT2D eigenvalue weighted by Gasteiger charge is 2.47. The fourth-order valence-corrected chi connectivity index (χ4v) is 7.29. The molecule has 12 heteroatoms. The first-order chi connectivity index (χ1) is 21.3. The van der Waals surface area contributed by atoms with Crippen molar-refractivity contribution in [3.63, 3.8) is 0 Å². The number of hydrogen-bond acceptors (Lipinski definition) is 8. The van der Waals surface area contributed by atoms with Gasteiger partial charge < -0.3 is 24.4 Å². The van der Waals surface area contributed by atoms with Gasteiger partial charge in [-0.05, 0) is 60.6 Å². The van der Waals surface area contributed by atoms with E-state index in [0.29, 0.717) is 40.7 Å². The third-order valence-corrected chi connectivity index (χ3v) is 10.1. The van der Waals surface area contributed by atoms with Crippen LogP contribution >= 0.6 is 11.6 Å². The molecule has 45 heavy (non-hydrogen) atoms. The summed E-state index contributed by atoms with van der Waals surface area (Å²) in [5.74, 6) is -0.0923. The molecule has 7 atom stereocenters. The standard InChI is InChI=1S/C33H45ClN4O7/c1-18-14-26-22(19(18)2)10-8-7-9-13-37-28(39)23-12-11-20(34)15-24(23)35-31(37)44-21-16-25(30(41)43-6)38(17-21)29(40)27(33(3,4)5)36-32(42)45-26/h11-12,15,18-19,21-22,25-27H,7-10,13-14,16-17H2,1-6H3,(H,36,42)/t18-,19-,21+,22+,25-,26+,27+/m0/s1. The zero-order valence-electron chi connectivity index (χ0n) is 27.0. The molecule has 1 aliphatic carbocycles. The maximum atomic E-state index is 14.2. The number of hydrogen-bond donors (Lipinski definition) is 1. The second kappa shape index (κ2) is 13.2. The Hall–Kier alpha value is -3.34. The van der Waals surface area contributed by atoms with E-state index < -0.39 is 41.6 Å². The largest absolute Gasteiger partial charge is 0.467 e. The maximum absolute atomic E-state index is 14.2. The molecule has 11 nitrogen and oxygen atoms in total. The molecule has 2 aromatic rings. The summed E-state index contributed by atoms with van der Waals surface area (Å²) in [4.78, 5) is 60.3. The number of alkyl carbamates (subject to hydrolysis) is 1. The number of carbonyl (C=O) groups is 3. The fourth-order valence-electron chi connectivity index (χ4n) is 7.13. The van der Waals surface area contributed by atoms with Crippen LogP contribution in [0.3, 0.4) is 0 Å². The Balaban J connectivity index is 1.54. The van der Waals surface area contributed by atoms with Crippen molar-refractivity contribution in [1.82, 2.24) is 19.8 Å². The van der Waals surface area contributed by atoms with Crippen LogP contribution in [-0.2, 0) is 25.6 Å². The van der Waals surface area contributed by atoms with Crippen molar-refractivity contribution in [1.29, 1.82) is 0 Å². The van der Waals surface area contributed by atoms with Gasteiger partial charge in [-0.25, -0.2) is 9.59 Å². The van der Waals surface area contributed by atoms with Crippen molar-refractivity contribution in [2.24, 2.45) is 23.2 Å². The number of fused-ring (bicyclic) bond motifs is 5. The number of carbonyl (C=O) groups excluding carboxylic acids is 3. The number of ether oxygens (including phenoxy) is 3. The first-order valence-corrected chi connectivity index (χ1v) is 16.4. The second-order valence-electron chi connectivity index (χ2n) is 14.0. The summed E-state index contributed by atoms with van der Waals surface area (Å²) in [6, 6.07) is 3.13. The summed E-state index contributed by atoms with van der Waals surface area (Å²) in [5.41, 5.74) is -0.535. The van der Waals surface area contributed by atoms with Crippen molar-refractivity contribution in [2.45, 2.75) is 104 Å². The van der Waals surface area contributed by atoms with Crippen LogP contribution < -0.4 is 15.6 Å². The Morgan fingerprint density at radius 3 is 2.56 bits per heavy atom. The zero-order chi connectivity index (χ0) is 32.6. The van der Waals surface area contributed by atoms with Gasteiger partial charge in [-0.15, -0.1) is 0 Å². The van der Waals surface area contributed by atoms with Gasteiger partial charge >= 0.3 is 12.1 Å². The molecule has 3 aliphatic rings. The summed E-state index contributed by atoms with van der Waals surface area (Å²) in [5, 5.41) is 3.72. The molecule has 1 aromatic heterocycles. The second-order valence-corrected chi connectivity index (χ2v) is 14.4. The summed E-state index contributed by atoms with van der Waals surface area (Å²) < 4.78 is 19.0. The van der Waals surface area contributed by atoms with Crippen LogP contribution in [0.4, 0.5) is 4.79 Å². The van der Waals surface area contributed by atoms with E-state index in [4.69, 9.17) is 25.8 Å². The third kappa shape index (κ3) is 6.93. The third-order valence-electron chi connectivity index (χ3n) is 9.88. The van der Waals surface area contributed by atoms with Gasteiger partial charge in [0.1, 0.15) is 24.3 Å². The summed E-state index contributed by atoms with van der Waals surface area (Å²) >= 11 is 6.23. The Morgan fingerprint density at radius 2 is 1.84 bits per heavy atom. The molecule has 1 aromatic carbocycles. The average molecular weight is 645 g/mol. The first kappa shape index (κ1) is 33.0. The highest BCUT2D eigenvalue weighted by atomic mass is 35.5. The van der Waals surface area contributed by atoms with Crippen molar-refractivity contribution < 1.29 is 28.6 Å². The summed E-state index contributed by atoms with van der Waals surface area (Å²) in [6.07, 6.45) is 2.70. The first-order valence-electron chi connectivity index (χ1n) is 16.0. The van der Waals surface area contributed by atoms with Crippen LogP contribution in [0.25, 0.3) is 10.9 Å². The highest BCUT2D eigenvalue weighted by Crippen LogP contribution is 2.41. The van der Waals surface area contributed by atoms with Gasteiger partial charge in [0.2, 0.25) is 5.91 Å². The molecule has 3 heterocycles. The molecule has 2 bridgehead atoms. The predicted octanol–water partition coefficient (Wildman–Crippen LogP) is 4.95. The smallest absolute Gasteiger partial charge is 0.408 e. The molecule has 0 spiro atoms. The van der Waals surface area contributed by atoms with Crippen molar-refractivity contribution in [3.05, 3.63) is 33.6 Å². The van der Waals surface area contributed by atoms with Crippen LogP contribution in [-0.4, -0.2) is 70.4 Å². The molecular weight excluding hydrogens is 600 g/mol. The average Bonchev–Trinajstić information content (AvgIpc) is 3.51. The molecule has 0 radical (unpaired) electrons. The van der Waals surface area contributed by atoms with Crippen LogP contribution in [0.5, 0.6) is 6.01 Å². The Kier molecular flexibility index (Phi) is 9.68. The lowest BCUT2D eigenvalue weighted by Gasteiger charge is -2.35. The lowest BCUT2D eigenvalue weighted by Crippen LogP contribution is -2.57. The van der Waals surface area contributed by atoms with Crippen molar-refractivity contribution in [3.8, 4) is 6.01 Å². The SMILES string of the molecule is COC(=O)[C@@H]1C[C@@H]2CN1C(=O)[C@H](C(C)(C)C)NC(=O)O[C@@H]1C[C@H](C)[C@H](C)[C@H]1CCCCCn1c(nc3cc(Cl)ccc3c1=O)O2. The summed E-state index contributed by atoms with van der Waals surface area (Å²) in [7, 11) is 1.27. The number of nitrogens with zero attached hydrogens (tertiary/aromatic N) is 3. The van der Waals surface area contributed by atoms with Crippen LogP contribution in [0.1, 0.15) is 73.1 Å². The monoisotopic (exact) mass is 644 g/mol. The Labute approximate surface area is 268 Å². The number of methoxy groups -OCH3 is 1. The van der Waals surface area contributed by atoms with Gasteiger partial charge in [0.05, 0.1) is 24.6 Å². The van der Waals surface area contributed by atoms with Gasteiger partial charge in [-0.2, -0.15) is 4.98 Å². The molecule has 246 valence electrons. The molecule has 0 unspecified atom stereocenters. The van der Waals surface area contributed by atoms with E-state index in [1.807, 2.05) is 20.8 Å². The minimum atomic E-state index is -0.983. The van der Waals surface area contributed by atoms with E-state index in [1.165, 1.54) is 12.0 Å². The van der Waals surface area contributed by atoms with E-state index in [2.05, 4.69) is 24.1 Å². The van der Waals surface area contributed by atoms with E-state index in [1.54, 1.807) is 22.8 Å². The number of benzene rings is 1. The highest BCUT2D eigenvalue weighted by molar-refractivity contribution is 6.31. The van der Waals surface area contributed by atoms with Gasteiger partial charge in [0.15, 0.2) is 0 Å². The minimum Gasteiger partial charge on any atom is -0.467 e. The molecule has 2 amide bonds. The Bertz CT molecular complexity index is 1500. The fraction of sp³-hybridized carbons (Fsp3) is 0.667. The van der Waals surface area contributed by atoms with Crippen LogP contribution in [0.15, 0.2) is 23.0 Å². The van der Waals surface area contributed by atoms with Crippen molar-refractivity contribution >= 4 is 40.5 Å². The van der Waals surface area contributed by atoms with Gasteiger partial charge in [-0.1, -0.05) is 59.1 Å². The quantitative estimate of drug-likeness (QED) is 0.432.